The molecule has 0 saturated carbocycles. The van der Waals surface area contributed by atoms with Crippen molar-refractivity contribution >= 4 is 82.1 Å². The van der Waals surface area contributed by atoms with Gasteiger partial charge in [0.05, 0.1) is 11.0 Å². The lowest BCUT2D eigenvalue weighted by atomic mass is 9.83. The molecule has 0 N–H and O–H groups in total. The Kier molecular flexibility index (Phi) is 8.94. The number of allylic oxidation sites excluding steroid dienone is 2. The van der Waals surface area contributed by atoms with Gasteiger partial charge in [-0.15, -0.1) is 0 Å². The number of fused-ring (bicyclic) bond motifs is 9. The van der Waals surface area contributed by atoms with Gasteiger partial charge in [-0.25, -0.2) is 0 Å². The lowest BCUT2D eigenvalue weighted by Gasteiger charge is -2.20. The second-order valence-electron chi connectivity index (χ2n) is 17.5. The molecule has 13 rings (SSSR count). The fourth-order valence-electron chi connectivity index (χ4n) is 11.1. The van der Waals surface area contributed by atoms with Crippen LogP contribution in [0.4, 0.5) is 0 Å². The predicted octanol–water partition coefficient (Wildman–Crippen LogP) is 18.3. The van der Waals surface area contributed by atoms with Crippen molar-refractivity contribution in [3.63, 3.8) is 0 Å². The molecular formula is C65H43NO. The van der Waals surface area contributed by atoms with Gasteiger partial charge >= 0.3 is 0 Å². The van der Waals surface area contributed by atoms with E-state index in [-0.39, 0.29) is 0 Å². The first kappa shape index (κ1) is 38.7. The van der Waals surface area contributed by atoms with Crippen LogP contribution < -0.4 is 0 Å². The average Bonchev–Trinajstić information content (AvgIpc) is 3.93. The molecule has 0 radical (unpaired) electrons. The fourth-order valence-corrected chi connectivity index (χ4v) is 11.1. The van der Waals surface area contributed by atoms with Crippen LogP contribution in [0, 0.1) is 6.92 Å². The summed E-state index contributed by atoms with van der Waals surface area (Å²) in [5.74, 6) is 0. The molecule has 11 aromatic carbocycles. The minimum absolute atomic E-state index is 0.868. The van der Waals surface area contributed by atoms with Crippen LogP contribution in [0.1, 0.15) is 11.1 Å². The van der Waals surface area contributed by atoms with E-state index in [1.165, 1.54) is 98.6 Å². The molecule has 2 aromatic heterocycles. The van der Waals surface area contributed by atoms with Crippen LogP contribution >= 0.6 is 0 Å². The van der Waals surface area contributed by atoms with E-state index in [1.807, 2.05) is 12.2 Å². The zero-order chi connectivity index (χ0) is 44.6. The number of aromatic nitrogens is 1. The number of para-hydroxylation sites is 3. The Bertz CT molecular complexity index is 4050. The molecule has 13 aromatic rings. The first-order chi connectivity index (χ1) is 33.2. The van der Waals surface area contributed by atoms with Crippen LogP contribution in [0.15, 0.2) is 235 Å². The third-order valence-electron chi connectivity index (χ3n) is 14.0. The number of rotatable bonds is 7. The van der Waals surface area contributed by atoms with Crippen molar-refractivity contribution in [2.45, 2.75) is 6.92 Å². The molecule has 67 heavy (non-hydrogen) atoms. The first-order valence-electron chi connectivity index (χ1n) is 23.0. The zero-order valence-corrected chi connectivity index (χ0v) is 37.0. The van der Waals surface area contributed by atoms with Crippen molar-refractivity contribution in [3.05, 3.63) is 242 Å². The highest BCUT2D eigenvalue weighted by Crippen LogP contribution is 2.48. The Morgan fingerprint density at radius 1 is 0.403 bits per heavy atom. The molecule has 2 heterocycles. The van der Waals surface area contributed by atoms with E-state index in [2.05, 4.69) is 236 Å². The van der Waals surface area contributed by atoms with Gasteiger partial charge in [-0.2, -0.15) is 0 Å². The summed E-state index contributed by atoms with van der Waals surface area (Å²) in [7, 11) is 0. The van der Waals surface area contributed by atoms with Crippen LogP contribution in [0.2, 0.25) is 0 Å². The lowest BCUT2D eigenvalue weighted by Crippen LogP contribution is -1.96. The van der Waals surface area contributed by atoms with Gasteiger partial charge in [0.1, 0.15) is 11.2 Å². The number of furan rings is 1. The molecule has 2 heteroatoms. The van der Waals surface area contributed by atoms with E-state index in [4.69, 9.17) is 4.42 Å². The van der Waals surface area contributed by atoms with Crippen molar-refractivity contribution < 1.29 is 4.42 Å². The summed E-state index contributed by atoms with van der Waals surface area (Å²) in [5, 5.41) is 12.0. The topological polar surface area (TPSA) is 18.1 Å². The maximum Gasteiger partial charge on any atom is 0.143 e. The molecule has 0 aliphatic heterocycles. The van der Waals surface area contributed by atoms with Crippen LogP contribution in [-0.4, -0.2) is 4.57 Å². The van der Waals surface area contributed by atoms with Crippen LogP contribution in [0.3, 0.4) is 0 Å². The van der Waals surface area contributed by atoms with E-state index in [9.17, 15) is 0 Å². The van der Waals surface area contributed by atoms with Crippen molar-refractivity contribution in [1.82, 2.24) is 4.57 Å². The number of hydrogen-bond donors (Lipinski definition) is 0. The van der Waals surface area contributed by atoms with Gasteiger partial charge in [0.15, 0.2) is 0 Å². The van der Waals surface area contributed by atoms with Crippen LogP contribution in [0.5, 0.6) is 0 Å². The summed E-state index contributed by atoms with van der Waals surface area (Å²) in [6.07, 6.45) is 6.10. The molecule has 0 atom stereocenters. The van der Waals surface area contributed by atoms with Gasteiger partial charge in [0.2, 0.25) is 0 Å². The minimum Gasteiger partial charge on any atom is -0.455 e. The molecule has 0 aliphatic carbocycles. The Hall–Kier alpha value is -8.72. The molecular weight excluding hydrogens is 811 g/mol. The van der Waals surface area contributed by atoms with Crippen molar-refractivity contribution in [2.75, 3.05) is 0 Å². The second kappa shape index (κ2) is 15.5. The standard InChI is InChI=1S/C65H43NO/c1-3-4-21-46-41(2)61(50-24-8-9-25-51(50)62(46)42-19-6-5-7-20-42)57-31-18-30-56-49-39-36-44(40-60(49)67-65(56)57)64-54-28-12-10-26-52(54)63(53-27-11-13-29-55(53)64)43-34-37-45(38-35-43)66-58-32-16-14-22-47(58)48-23-15-17-33-59(48)66/h3-40H,1H2,2H3/b21-4-. The summed E-state index contributed by atoms with van der Waals surface area (Å²) >= 11 is 0. The van der Waals surface area contributed by atoms with E-state index >= 15 is 0 Å². The molecule has 0 unspecified atom stereocenters. The molecule has 0 aliphatic rings. The number of nitrogens with zero attached hydrogens (tertiary/aromatic N) is 1. The predicted molar refractivity (Wildman–Crippen MR) is 286 cm³/mol. The van der Waals surface area contributed by atoms with Crippen LogP contribution in [-0.2, 0) is 0 Å². The lowest BCUT2D eigenvalue weighted by molar-refractivity contribution is 0.670. The summed E-state index contributed by atoms with van der Waals surface area (Å²) < 4.78 is 9.50. The third kappa shape index (κ3) is 5.97. The first-order valence-corrected chi connectivity index (χ1v) is 23.0. The van der Waals surface area contributed by atoms with Crippen molar-refractivity contribution in [2.24, 2.45) is 0 Å². The van der Waals surface area contributed by atoms with Gasteiger partial charge in [0, 0.05) is 32.8 Å². The highest BCUT2D eigenvalue weighted by molar-refractivity contribution is 6.23. The van der Waals surface area contributed by atoms with Crippen molar-refractivity contribution in [1.29, 1.82) is 0 Å². The number of benzene rings is 11. The van der Waals surface area contributed by atoms with Gasteiger partial charge in [0.25, 0.3) is 0 Å². The van der Waals surface area contributed by atoms with Gasteiger partial charge in [-0.05, 0) is 126 Å². The fraction of sp³-hybridized carbons (Fsp3) is 0.0154. The maximum absolute atomic E-state index is 7.12. The normalized spacial score (nSPS) is 12.0. The monoisotopic (exact) mass is 853 g/mol. The summed E-state index contributed by atoms with van der Waals surface area (Å²) in [4.78, 5) is 0. The zero-order valence-electron chi connectivity index (χ0n) is 37.0. The SMILES string of the molecule is C=C/C=C\c1c(C)c(-c2cccc3c2oc2cc(-c4c5ccccc5c(-c5ccc(-n6c7ccccc7c7ccccc76)cc5)c5ccccc45)ccc23)c2ccccc2c1-c1ccccc1. The molecule has 0 bridgehead atoms. The van der Waals surface area contributed by atoms with Gasteiger partial charge < -0.3 is 8.98 Å². The van der Waals surface area contributed by atoms with Crippen molar-refractivity contribution in [3.8, 4) is 50.2 Å². The molecule has 0 spiro atoms. The Balaban J connectivity index is 0.980. The van der Waals surface area contributed by atoms with Crippen LogP contribution in [0.25, 0.3) is 132 Å². The van der Waals surface area contributed by atoms with E-state index < -0.39 is 0 Å². The molecule has 0 fully saturated rings. The second-order valence-corrected chi connectivity index (χ2v) is 17.5. The minimum atomic E-state index is 0.868. The summed E-state index contributed by atoms with van der Waals surface area (Å²) in [5.41, 5.74) is 17.1. The molecule has 0 amide bonds. The Labute approximate surface area is 388 Å². The summed E-state index contributed by atoms with van der Waals surface area (Å²) in [6.45, 7) is 6.27. The highest BCUT2D eigenvalue weighted by atomic mass is 16.3. The van der Waals surface area contributed by atoms with Gasteiger partial charge in [-0.1, -0.05) is 201 Å². The average molecular weight is 854 g/mol. The number of hydrogen-bond acceptors (Lipinski definition) is 1. The highest BCUT2D eigenvalue weighted by Gasteiger charge is 2.23. The molecule has 2 nitrogen and oxygen atoms in total. The Morgan fingerprint density at radius 2 is 0.881 bits per heavy atom. The van der Waals surface area contributed by atoms with E-state index in [1.54, 1.807) is 0 Å². The Morgan fingerprint density at radius 3 is 1.48 bits per heavy atom. The van der Waals surface area contributed by atoms with E-state index in [0.29, 0.717) is 0 Å². The molecule has 0 saturated heterocycles. The largest absolute Gasteiger partial charge is 0.455 e. The van der Waals surface area contributed by atoms with Gasteiger partial charge in [-0.3, -0.25) is 0 Å². The summed E-state index contributed by atoms with van der Waals surface area (Å²) in [6, 6.07) is 77.2. The maximum atomic E-state index is 7.12. The smallest absolute Gasteiger partial charge is 0.143 e. The quantitative estimate of drug-likeness (QED) is 0.115. The van der Waals surface area contributed by atoms with E-state index in [0.717, 1.165) is 38.8 Å². The molecule has 314 valence electrons. The third-order valence-corrected chi connectivity index (χ3v) is 14.0.